The third-order valence-electron chi connectivity index (χ3n) is 5.99. The molecule has 6 heteroatoms. The fraction of sp³-hybridized carbons (Fsp3) is 0.533. The van der Waals surface area contributed by atoms with Crippen molar-refractivity contribution in [1.82, 2.24) is 0 Å². The largest absolute Gasteiger partial charge is 0.461 e. The summed E-state index contributed by atoms with van der Waals surface area (Å²) in [6, 6.07) is 14.9. The van der Waals surface area contributed by atoms with Crippen molar-refractivity contribution in [1.29, 1.82) is 0 Å². The third-order valence-corrected chi connectivity index (χ3v) is 6.68. The van der Waals surface area contributed by atoms with Crippen LogP contribution < -0.4 is 0 Å². The zero-order chi connectivity index (χ0) is 26.5. The first-order valence-electron chi connectivity index (χ1n) is 12.9. The van der Waals surface area contributed by atoms with Crippen LogP contribution >= 0.6 is 23.2 Å². The molecule has 36 heavy (non-hydrogen) atoms. The molecule has 0 radical (unpaired) electrons. The van der Waals surface area contributed by atoms with Crippen LogP contribution in [0.15, 0.2) is 48.5 Å². The molecular weight excluding hydrogens is 495 g/mol. The van der Waals surface area contributed by atoms with Crippen molar-refractivity contribution < 1.29 is 19.1 Å². The number of aryl methyl sites for hydroxylation is 2. The first kappa shape index (κ1) is 30.2. The van der Waals surface area contributed by atoms with Gasteiger partial charge in [-0.15, -0.1) is 23.2 Å². The predicted octanol–water partition coefficient (Wildman–Crippen LogP) is 7.87. The number of carbonyl (C=O) groups is 2. The van der Waals surface area contributed by atoms with Gasteiger partial charge in [0.1, 0.15) is 13.2 Å². The molecule has 2 rings (SSSR count). The van der Waals surface area contributed by atoms with Crippen molar-refractivity contribution in [3.8, 4) is 0 Å². The van der Waals surface area contributed by atoms with Crippen molar-refractivity contribution >= 4 is 35.1 Å². The van der Waals surface area contributed by atoms with Crippen LogP contribution in [-0.2, 0) is 22.3 Å². The molecule has 0 heterocycles. The molecular formula is C30H40Cl2O4. The molecule has 0 saturated heterocycles. The van der Waals surface area contributed by atoms with Crippen LogP contribution in [0.1, 0.15) is 85.2 Å². The van der Waals surface area contributed by atoms with Crippen LogP contribution in [0.5, 0.6) is 0 Å². The standard InChI is InChI=1S/C30H40Cl2O4/c1-21(2)5-17-27(31)19-35-29(33)25-13-9-23(10-14-25)7-8-24-11-15-26(16-12-24)30(34)36-20-28(32)18-6-22(3)4/h9-16,21-22,27-28H,5-8,17-20H2,1-4H3/t27-,28-/m1/s1. The number of hydrogen-bond donors (Lipinski definition) is 0. The molecule has 0 N–H and O–H groups in total. The number of esters is 2. The van der Waals surface area contributed by atoms with E-state index in [1.165, 1.54) is 0 Å². The monoisotopic (exact) mass is 534 g/mol. The van der Waals surface area contributed by atoms with E-state index in [2.05, 4.69) is 27.7 Å². The lowest BCUT2D eigenvalue weighted by Gasteiger charge is -2.12. The quantitative estimate of drug-likeness (QED) is 0.172. The van der Waals surface area contributed by atoms with E-state index in [0.717, 1.165) is 49.7 Å². The number of alkyl halides is 2. The molecule has 0 spiro atoms. The topological polar surface area (TPSA) is 52.6 Å². The van der Waals surface area contributed by atoms with E-state index in [1.54, 1.807) is 24.3 Å². The average molecular weight is 536 g/mol. The minimum absolute atomic E-state index is 0.157. The molecule has 0 aliphatic carbocycles. The second-order valence-corrected chi connectivity index (χ2v) is 11.5. The highest BCUT2D eigenvalue weighted by Gasteiger charge is 2.13. The zero-order valence-corrected chi connectivity index (χ0v) is 23.5. The van der Waals surface area contributed by atoms with Gasteiger partial charge in [0, 0.05) is 0 Å². The van der Waals surface area contributed by atoms with Crippen LogP contribution in [0.25, 0.3) is 0 Å². The summed E-state index contributed by atoms with van der Waals surface area (Å²) in [5, 5.41) is -0.313. The summed E-state index contributed by atoms with van der Waals surface area (Å²) in [4.78, 5) is 24.6. The van der Waals surface area contributed by atoms with Gasteiger partial charge in [-0.25, -0.2) is 9.59 Å². The van der Waals surface area contributed by atoms with E-state index < -0.39 is 0 Å². The SMILES string of the molecule is CC(C)CC[C@@H](Cl)COC(=O)c1ccc(CCc2ccc(C(=O)OC[C@H](Cl)CCC(C)C)cc2)cc1. The highest BCUT2D eigenvalue weighted by molar-refractivity contribution is 6.21. The van der Waals surface area contributed by atoms with Gasteiger partial charge in [-0.3, -0.25) is 0 Å². The predicted molar refractivity (Wildman–Crippen MR) is 148 cm³/mol. The van der Waals surface area contributed by atoms with Gasteiger partial charge in [0.05, 0.1) is 21.9 Å². The summed E-state index contributed by atoms with van der Waals surface area (Å²) in [5.41, 5.74) is 3.30. The van der Waals surface area contributed by atoms with Gasteiger partial charge in [0.2, 0.25) is 0 Å². The summed E-state index contributed by atoms with van der Waals surface area (Å²) < 4.78 is 10.7. The molecule has 2 aromatic carbocycles. The second-order valence-electron chi connectivity index (χ2n) is 10.2. The third kappa shape index (κ3) is 11.8. The molecule has 0 unspecified atom stereocenters. The van der Waals surface area contributed by atoms with E-state index in [4.69, 9.17) is 32.7 Å². The van der Waals surface area contributed by atoms with E-state index >= 15 is 0 Å². The van der Waals surface area contributed by atoms with E-state index in [1.807, 2.05) is 24.3 Å². The molecule has 0 fully saturated rings. The molecule has 0 aliphatic rings. The van der Waals surface area contributed by atoms with Crippen LogP contribution in [0.4, 0.5) is 0 Å². The van der Waals surface area contributed by atoms with Crippen molar-refractivity contribution in [3.05, 3.63) is 70.8 Å². The molecule has 0 aliphatic heterocycles. The Bertz CT molecular complexity index is 845. The summed E-state index contributed by atoms with van der Waals surface area (Å²) in [7, 11) is 0. The fourth-order valence-corrected chi connectivity index (χ4v) is 3.98. The lowest BCUT2D eigenvalue weighted by molar-refractivity contribution is 0.0492. The van der Waals surface area contributed by atoms with E-state index in [0.29, 0.717) is 23.0 Å². The van der Waals surface area contributed by atoms with Crippen molar-refractivity contribution in [3.63, 3.8) is 0 Å². The molecule has 2 atom stereocenters. The van der Waals surface area contributed by atoms with Gasteiger partial charge < -0.3 is 9.47 Å². The average Bonchev–Trinajstić information content (AvgIpc) is 2.87. The van der Waals surface area contributed by atoms with Crippen molar-refractivity contribution in [2.75, 3.05) is 13.2 Å². The maximum Gasteiger partial charge on any atom is 0.338 e. The van der Waals surface area contributed by atoms with Gasteiger partial charge >= 0.3 is 11.9 Å². The Morgan fingerprint density at radius 2 is 0.944 bits per heavy atom. The molecule has 0 amide bonds. The minimum Gasteiger partial charge on any atom is -0.461 e. The lowest BCUT2D eigenvalue weighted by Crippen LogP contribution is -2.15. The summed E-state index contributed by atoms with van der Waals surface area (Å²) >= 11 is 12.5. The smallest absolute Gasteiger partial charge is 0.338 e. The van der Waals surface area contributed by atoms with Crippen LogP contribution in [0.2, 0.25) is 0 Å². The maximum absolute atomic E-state index is 12.3. The number of hydrogen-bond acceptors (Lipinski definition) is 4. The zero-order valence-electron chi connectivity index (χ0n) is 22.0. The fourth-order valence-electron chi connectivity index (χ4n) is 3.60. The minimum atomic E-state index is -0.348. The number of benzene rings is 2. The van der Waals surface area contributed by atoms with Gasteiger partial charge in [-0.05, 0) is 85.8 Å². The van der Waals surface area contributed by atoms with E-state index in [9.17, 15) is 9.59 Å². The normalized spacial score (nSPS) is 13.0. The number of halogens is 2. The van der Waals surface area contributed by atoms with Gasteiger partial charge in [0.25, 0.3) is 0 Å². The molecule has 2 aromatic rings. The molecule has 0 aromatic heterocycles. The van der Waals surface area contributed by atoms with Crippen LogP contribution in [0, 0.1) is 11.8 Å². The summed E-state index contributed by atoms with van der Waals surface area (Å²) in [5.74, 6) is 0.467. The lowest BCUT2D eigenvalue weighted by atomic mass is 10.0. The van der Waals surface area contributed by atoms with Crippen molar-refractivity contribution in [2.45, 2.75) is 77.0 Å². The second kappa shape index (κ2) is 15.9. The Morgan fingerprint density at radius 1 is 0.611 bits per heavy atom. The van der Waals surface area contributed by atoms with Crippen molar-refractivity contribution in [2.24, 2.45) is 11.8 Å². The Morgan fingerprint density at radius 3 is 1.25 bits per heavy atom. The number of carbonyl (C=O) groups excluding carboxylic acids is 2. The Hall–Kier alpha value is -2.04. The number of rotatable bonds is 15. The summed E-state index contributed by atoms with van der Waals surface area (Å²) in [6.45, 7) is 9.05. The van der Waals surface area contributed by atoms with Gasteiger partial charge in [-0.1, -0.05) is 52.0 Å². The van der Waals surface area contributed by atoms with E-state index in [-0.39, 0.29) is 35.9 Å². The van der Waals surface area contributed by atoms with Crippen LogP contribution in [0.3, 0.4) is 0 Å². The Labute approximate surface area is 226 Å². The number of ether oxygens (including phenoxy) is 2. The highest BCUT2D eigenvalue weighted by atomic mass is 35.5. The Kier molecular flexibility index (Phi) is 13.4. The summed E-state index contributed by atoms with van der Waals surface area (Å²) in [6.07, 6.45) is 5.34. The highest BCUT2D eigenvalue weighted by Crippen LogP contribution is 2.16. The Balaban J connectivity index is 1.75. The van der Waals surface area contributed by atoms with Crippen LogP contribution in [-0.4, -0.2) is 35.9 Å². The first-order valence-corrected chi connectivity index (χ1v) is 13.8. The van der Waals surface area contributed by atoms with Gasteiger partial charge in [0.15, 0.2) is 0 Å². The molecule has 198 valence electrons. The maximum atomic E-state index is 12.3. The first-order chi connectivity index (χ1) is 17.1. The molecule has 0 bridgehead atoms. The van der Waals surface area contributed by atoms with Gasteiger partial charge in [-0.2, -0.15) is 0 Å². The molecule has 0 saturated carbocycles. The molecule has 4 nitrogen and oxygen atoms in total.